The monoisotopic (exact) mass is 226 g/mol. The fourth-order valence-electron chi connectivity index (χ4n) is 3.09. The minimum absolute atomic E-state index is 0.517. The number of rotatable bonds is 2. The van der Waals surface area contributed by atoms with Crippen molar-refractivity contribution in [1.82, 2.24) is 5.32 Å². The molecule has 0 radical (unpaired) electrons. The highest BCUT2D eigenvalue weighted by atomic mass is 15.2. The summed E-state index contributed by atoms with van der Waals surface area (Å²) < 4.78 is 0. The molecule has 2 fully saturated rings. The van der Waals surface area contributed by atoms with Gasteiger partial charge in [0, 0.05) is 6.04 Å². The zero-order valence-electron chi connectivity index (χ0n) is 10.2. The molecule has 0 bridgehead atoms. The van der Waals surface area contributed by atoms with Crippen LogP contribution >= 0.6 is 0 Å². The van der Waals surface area contributed by atoms with Crippen LogP contribution in [0.15, 0.2) is 0 Å². The molecule has 94 valence electrons. The van der Waals surface area contributed by atoms with Crippen LogP contribution in [0.1, 0.15) is 57.8 Å². The van der Waals surface area contributed by atoms with Crippen molar-refractivity contribution in [2.45, 2.75) is 75.2 Å². The van der Waals surface area contributed by atoms with E-state index in [1.165, 1.54) is 32.1 Å². The third-order valence-corrected chi connectivity index (χ3v) is 4.31. The Hall–Kier alpha value is -0.160. The molecule has 0 aromatic heterocycles. The average molecular weight is 226 g/mol. The van der Waals surface area contributed by atoms with Gasteiger partial charge in [-0.15, -0.1) is 0 Å². The second kappa shape index (κ2) is 4.61. The number of nitrogens with one attached hydrogen (secondary N) is 1. The van der Waals surface area contributed by atoms with Gasteiger partial charge in [-0.05, 0) is 25.7 Å². The minimum atomic E-state index is -0.747. The maximum Gasteiger partial charge on any atom is 0.0983 e. The summed E-state index contributed by atoms with van der Waals surface area (Å²) in [5, 5.41) is 3.55. The Bertz CT molecular complexity index is 235. The SMILES string of the molecule is NC1(N)CCCCC1(N)NC1CCCCC1. The topological polar surface area (TPSA) is 90.1 Å². The van der Waals surface area contributed by atoms with Crippen LogP contribution in [0.5, 0.6) is 0 Å². The third kappa shape index (κ3) is 2.40. The van der Waals surface area contributed by atoms with Gasteiger partial charge in [0.05, 0.1) is 11.3 Å². The van der Waals surface area contributed by atoms with Crippen LogP contribution in [-0.4, -0.2) is 17.4 Å². The number of nitrogens with two attached hydrogens (primary N) is 3. The van der Waals surface area contributed by atoms with Crippen molar-refractivity contribution in [2.24, 2.45) is 17.2 Å². The normalized spacial score (nSPS) is 36.2. The molecule has 16 heavy (non-hydrogen) atoms. The summed E-state index contributed by atoms with van der Waals surface area (Å²) in [6.07, 6.45) is 10.3. The summed E-state index contributed by atoms with van der Waals surface area (Å²) in [6.45, 7) is 0. The largest absolute Gasteiger partial charge is 0.311 e. The van der Waals surface area contributed by atoms with Crippen molar-refractivity contribution in [3.63, 3.8) is 0 Å². The minimum Gasteiger partial charge on any atom is -0.311 e. The van der Waals surface area contributed by atoms with Crippen LogP contribution in [0.2, 0.25) is 0 Å². The first-order valence-electron chi connectivity index (χ1n) is 6.68. The lowest BCUT2D eigenvalue weighted by molar-refractivity contribution is 0.0941. The maximum atomic E-state index is 6.41. The van der Waals surface area contributed by atoms with Gasteiger partial charge >= 0.3 is 0 Å². The fraction of sp³-hybridized carbons (Fsp3) is 1.00. The Morgan fingerprint density at radius 3 is 2.06 bits per heavy atom. The average Bonchev–Trinajstić information content (AvgIpc) is 2.24. The van der Waals surface area contributed by atoms with E-state index in [2.05, 4.69) is 5.32 Å². The van der Waals surface area contributed by atoms with Crippen LogP contribution in [0, 0.1) is 0 Å². The van der Waals surface area contributed by atoms with E-state index in [-0.39, 0.29) is 0 Å². The van der Waals surface area contributed by atoms with E-state index in [4.69, 9.17) is 17.2 Å². The van der Waals surface area contributed by atoms with Gasteiger partial charge in [-0.3, -0.25) is 5.32 Å². The van der Waals surface area contributed by atoms with Gasteiger partial charge in [-0.1, -0.05) is 32.1 Å². The van der Waals surface area contributed by atoms with Crippen molar-refractivity contribution < 1.29 is 0 Å². The quantitative estimate of drug-likeness (QED) is 0.523. The first kappa shape index (κ1) is 12.3. The summed E-state index contributed by atoms with van der Waals surface area (Å²) in [5.74, 6) is 0. The van der Waals surface area contributed by atoms with Gasteiger partial charge < -0.3 is 17.2 Å². The molecule has 0 saturated heterocycles. The Balaban J connectivity index is 1.99. The first-order valence-corrected chi connectivity index (χ1v) is 6.68. The van der Waals surface area contributed by atoms with Crippen molar-refractivity contribution in [3.05, 3.63) is 0 Å². The molecule has 0 aromatic rings. The molecule has 2 saturated carbocycles. The van der Waals surface area contributed by atoms with Crippen molar-refractivity contribution in [1.29, 1.82) is 0 Å². The zero-order valence-corrected chi connectivity index (χ0v) is 10.2. The highest BCUT2D eigenvalue weighted by molar-refractivity contribution is 5.05. The lowest BCUT2D eigenvalue weighted by Gasteiger charge is -2.49. The van der Waals surface area contributed by atoms with Gasteiger partial charge in [0.2, 0.25) is 0 Å². The second-order valence-electron chi connectivity index (χ2n) is 5.70. The van der Waals surface area contributed by atoms with Crippen molar-refractivity contribution in [2.75, 3.05) is 0 Å². The van der Waals surface area contributed by atoms with Crippen LogP contribution in [0.4, 0.5) is 0 Å². The second-order valence-corrected chi connectivity index (χ2v) is 5.70. The molecule has 4 heteroatoms. The molecule has 0 aromatic carbocycles. The predicted molar refractivity (Wildman–Crippen MR) is 66.5 cm³/mol. The molecule has 7 N–H and O–H groups in total. The molecular formula is C12H26N4. The summed E-state index contributed by atoms with van der Waals surface area (Å²) in [7, 11) is 0. The smallest absolute Gasteiger partial charge is 0.0983 e. The molecule has 0 aliphatic heterocycles. The number of hydrogen-bond donors (Lipinski definition) is 4. The van der Waals surface area contributed by atoms with Crippen LogP contribution in [0.25, 0.3) is 0 Å². The summed E-state index contributed by atoms with van der Waals surface area (Å²) in [6, 6.07) is 0.517. The highest BCUT2D eigenvalue weighted by Crippen LogP contribution is 2.30. The van der Waals surface area contributed by atoms with Gasteiger partial charge in [0.15, 0.2) is 0 Å². The zero-order chi connectivity index (χ0) is 11.6. The van der Waals surface area contributed by atoms with E-state index in [9.17, 15) is 0 Å². The molecule has 2 rings (SSSR count). The first-order chi connectivity index (χ1) is 7.54. The molecule has 2 aliphatic rings. The highest BCUT2D eigenvalue weighted by Gasteiger charge is 2.45. The van der Waals surface area contributed by atoms with Gasteiger partial charge in [0.1, 0.15) is 0 Å². The molecular weight excluding hydrogens is 200 g/mol. The molecule has 0 spiro atoms. The lowest BCUT2D eigenvalue weighted by atomic mass is 9.79. The Morgan fingerprint density at radius 1 is 0.812 bits per heavy atom. The van der Waals surface area contributed by atoms with E-state index >= 15 is 0 Å². The van der Waals surface area contributed by atoms with Gasteiger partial charge in [-0.25, -0.2) is 0 Å². The maximum absolute atomic E-state index is 6.41. The summed E-state index contributed by atoms with van der Waals surface area (Å²) in [4.78, 5) is 0. The van der Waals surface area contributed by atoms with Gasteiger partial charge in [-0.2, -0.15) is 0 Å². The third-order valence-electron chi connectivity index (χ3n) is 4.31. The van der Waals surface area contributed by atoms with E-state index < -0.39 is 11.3 Å². The van der Waals surface area contributed by atoms with Crippen LogP contribution < -0.4 is 22.5 Å². The molecule has 4 nitrogen and oxygen atoms in total. The van der Waals surface area contributed by atoms with Crippen molar-refractivity contribution >= 4 is 0 Å². The van der Waals surface area contributed by atoms with E-state index in [1.807, 2.05) is 0 Å². The molecule has 1 unspecified atom stereocenters. The molecule has 2 aliphatic carbocycles. The van der Waals surface area contributed by atoms with E-state index in [0.717, 1.165) is 25.7 Å². The fourth-order valence-corrected chi connectivity index (χ4v) is 3.09. The Kier molecular flexibility index (Phi) is 3.54. The molecule has 0 amide bonds. The summed E-state index contributed by atoms with van der Waals surface area (Å²) in [5.41, 5.74) is 17.4. The van der Waals surface area contributed by atoms with Gasteiger partial charge in [0.25, 0.3) is 0 Å². The molecule has 1 atom stereocenters. The van der Waals surface area contributed by atoms with Crippen LogP contribution in [0.3, 0.4) is 0 Å². The number of hydrogen-bond acceptors (Lipinski definition) is 4. The summed E-state index contributed by atoms with van der Waals surface area (Å²) >= 11 is 0. The Morgan fingerprint density at radius 2 is 1.44 bits per heavy atom. The van der Waals surface area contributed by atoms with E-state index in [1.54, 1.807) is 0 Å². The standard InChI is InChI=1S/C12H26N4/c13-11(14)8-4-5-9-12(11,15)16-10-6-2-1-3-7-10/h10,16H,1-9,13-15H2. The molecule has 0 heterocycles. The van der Waals surface area contributed by atoms with Crippen LogP contribution in [-0.2, 0) is 0 Å². The lowest BCUT2D eigenvalue weighted by Crippen LogP contribution is -2.79. The van der Waals surface area contributed by atoms with E-state index in [0.29, 0.717) is 6.04 Å². The Labute approximate surface area is 98.3 Å². The predicted octanol–water partition coefficient (Wildman–Crippen LogP) is 0.751. The van der Waals surface area contributed by atoms with Crippen molar-refractivity contribution in [3.8, 4) is 0 Å².